The molecule has 0 spiro atoms. The maximum absolute atomic E-state index is 13.6. The van der Waals surface area contributed by atoms with Crippen LogP contribution < -0.4 is 10.6 Å². The summed E-state index contributed by atoms with van der Waals surface area (Å²) in [5.41, 5.74) is 6.45. The van der Waals surface area contributed by atoms with Gasteiger partial charge < -0.3 is 15.2 Å². The van der Waals surface area contributed by atoms with E-state index in [0.717, 1.165) is 33.8 Å². The molecule has 5 rings (SSSR count). The summed E-state index contributed by atoms with van der Waals surface area (Å²) >= 11 is 12.0. The normalized spacial score (nSPS) is 14.4. The minimum absolute atomic E-state index is 0.0178. The molecule has 2 heterocycles. The standard InChI is InChI=1S/C27H22ClN3OS/c1-17-6-2-4-8-21(17)27(33)29-20-12-10-18(11-13-20)26(32)25-23-14-15-24(28)31(23)16-19-7-3-5-9-22(19)30-25/h2-15,25,30H,16H2,1H3,(H,29,33). The largest absolute Gasteiger partial charge is 0.370 e. The van der Waals surface area contributed by atoms with E-state index >= 15 is 0 Å². The lowest BCUT2D eigenvalue weighted by Crippen LogP contribution is -2.22. The van der Waals surface area contributed by atoms with Crippen molar-refractivity contribution in [3.63, 3.8) is 0 Å². The summed E-state index contributed by atoms with van der Waals surface area (Å²) in [4.78, 5) is 14.2. The number of rotatable bonds is 4. The van der Waals surface area contributed by atoms with Crippen molar-refractivity contribution in [3.8, 4) is 0 Å². The van der Waals surface area contributed by atoms with Crippen molar-refractivity contribution in [2.45, 2.75) is 19.5 Å². The number of hydrogen-bond donors (Lipinski definition) is 2. The molecular formula is C27H22ClN3OS. The SMILES string of the molecule is Cc1ccccc1C(=S)Nc1ccc(C(=O)C2Nc3ccccc3Cn3c(Cl)ccc32)cc1. The van der Waals surface area contributed by atoms with Crippen molar-refractivity contribution in [3.05, 3.63) is 118 Å². The van der Waals surface area contributed by atoms with Gasteiger partial charge in [0, 0.05) is 28.2 Å². The number of benzene rings is 3. The molecule has 0 saturated heterocycles. The highest BCUT2D eigenvalue weighted by molar-refractivity contribution is 7.81. The number of aryl methyl sites for hydroxylation is 1. The van der Waals surface area contributed by atoms with E-state index in [1.165, 1.54) is 0 Å². The number of hydrogen-bond acceptors (Lipinski definition) is 3. The summed E-state index contributed by atoms with van der Waals surface area (Å²) in [5.74, 6) is -0.0178. The van der Waals surface area contributed by atoms with Crippen molar-refractivity contribution < 1.29 is 4.79 Å². The summed E-state index contributed by atoms with van der Waals surface area (Å²) in [7, 11) is 0. The Labute approximate surface area is 203 Å². The average Bonchev–Trinajstić information content (AvgIpc) is 3.09. The third-order valence-electron chi connectivity index (χ3n) is 5.98. The number of carbonyl (C=O) groups is 1. The third-order valence-corrected chi connectivity index (χ3v) is 6.63. The molecule has 4 aromatic rings. The van der Waals surface area contributed by atoms with Crippen LogP contribution >= 0.6 is 23.8 Å². The van der Waals surface area contributed by atoms with Gasteiger partial charge in [-0.2, -0.15) is 0 Å². The van der Waals surface area contributed by atoms with Crippen LogP contribution in [0.5, 0.6) is 0 Å². The Bertz CT molecular complexity index is 1360. The smallest absolute Gasteiger partial charge is 0.191 e. The molecule has 0 radical (unpaired) electrons. The molecule has 0 saturated carbocycles. The van der Waals surface area contributed by atoms with Gasteiger partial charge >= 0.3 is 0 Å². The van der Waals surface area contributed by atoms with Crippen molar-refractivity contribution in [2.24, 2.45) is 0 Å². The fraction of sp³-hybridized carbons (Fsp3) is 0.111. The molecule has 1 aliphatic heterocycles. The van der Waals surface area contributed by atoms with Gasteiger partial charge in [-0.15, -0.1) is 0 Å². The molecule has 33 heavy (non-hydrogen) atoms. The second-order valence-corrected chi connectivity index (χ2v) is 8.91. The highest BCUT2D eigenvalue weighted by atomic mass is 35.5. The number of nitrogens with zero attached hydrogens (tertiary/aromatic N) is 1. The van der Waals surface area contributed by atoms with E-state index < -0.39 is 6.04 Å². The fourth-order valence-corrected chi connectivity index (χ4v) is 4.75. The van der Waals surface area contributed by atoms with Crippen LogP contribution in [0.4, 0.5) is 11.4 Å². The fourth-order valence-electron chi connectivity index (χ4n) is 4.19. The Morgan fingerprint density at radius 1 is 1.00 bits per heavy atom. The number of Topliss-reactive ketones (excluding diaryl/α,β-unsaturated/α-hetero) is 1. The lowest BCUT2D eigenvalue weighted by atomic mass is 10.0. The van der Waals surface area contributed by atoms with Crippen LogP contribution in [0.25, 0.3) is 0 Å². The molecule has 0 fully saturated rings. The van der Waals surface area contributed by atoms with Crippen LogP contribution in [-0.2, 0) is 6.54 Å². The second kappa shape index (κ2) is 8.85. The first-order valence-corrected chi connectivity index (χ1v) is 11.5. The van der Waals surface area contributed by atoms with Gasteiger partial charge in [-0.3, -0.25) is 4.79 Å². The first-order valence-electron chi connectivity index (χ1n) is 10.7. The number of aromatic nitrogens is 1. The second-order valence-electron chi connectivity index (χ2n) is 8.11. The molecule has 0 bridgehead atoms. The molecule has 1 aromatic heterocycles. The lowest BCUT2D eigenvalue weighted by molar-refractivity contribution is 0.0967. The van der Waals surface area contributed by atoms with E-state index in [4.69, 9.17) is 23.8 Å². The number of halogens is 1. The van der Waals surface area contributed by atoms with Crippen molar-refractivity contribution in [2.75, 3.05) is 10.6 Å². The number of ketones is 1. The number of thiocarbonyl (C=S) groups is 1. The van der Waals surface area contributed by atoms with E-state index in [1.807, 2.05) is 96.4 Å². The van der Waals surface area contributed by atoms with Gasteiger partial charge in [0.2, 0.25) is 0 Å². The Morgan fingerprint density at radius 3 is 2.52 bits per heavy atom. The van der Waals surface area contributed by atoms with Gasteiger partial charge in [0.25, 0.3) is 0 Å². The van der Waals surface area contributed by atoms with Gasteiger partial charge in [0.1, 0.15) is 16.2 Å². The van der Waals surface area contributed by atoms with Crippen LogP contribution in [0.3, 0.4) is 0 Å². The number of para-hydroxylation sites is 1. The Morgan fingerprint density at radius 2 is 1.73 bits per heavy atom. The van der Waals surface area contributed by atoms with Gasteiger partial charge in [0.05, 0.1) is 6.54 Å². The summed E-state index contributed by atoms with van der Waals surface area (Å²) < 4.78 is 1.99. The average molecular weight is 472 g/mol. The van der Waals surface area contributed by atoms with Crippen molar-refractivity contribution in [1.29, 1.82) is 0 Å². The number of fused-ring (bicyclic) bond motifs is 2. The summed E-state index contributed by atoms with van der Waals surface area (Å²) in [5, 5.41) is 7.32. The van der Waals surface area contributed by atoms with Crippen LogP contribution in [0.1, 0.15) is 38.8 Å². The number of nitrogens with one attached hydrogen (secondary N) is 2. The molecule has 2 N–H and O–H groups in total. The molecule has 0 amide bonds. The molecule has 1 aliphatic rings. The first kappa shape index (κ1) is 21.4. The predicted molar refractivity (Wildman–Crippen MR) is 139 cm³/mol. The van der Waals surface area contributed by atoms with E-state index in [1.54, 1.807) is 0 Å². The minimum atomic E-state index is -0.534. The molecule has 0 aliphatic carbocycles. The maximum atomic E-state index is 13.6. The molecule has 4 nitrogen and oxygen atoms in total. The zero-order valence-electron chi connectivity index (χ0n) is 18.0. The van der Waals surface area contributed by atoms with Crippen LogP contribution in [-0.4, -0.2) is 15.3 Å². The highest BCUT2D eigenvalue weighted by Gasteiger charge is 2.29. The van der Waals surface area contributed by atoms with E-state index in [9.17, 15) is 4.79 Å². The Kier molecular flexibility index (Phi) is 5.75. The third kappa shape index (κ3) is 4.17. The van der Waals surface area contributed by atoms with Crippen molar-refractivity contribution in [1.82, 2.24) is 4.57 Å². The lowest BCUT2D eigenvalue weighted by Gasteiger charge is -2.18. The molecule has 1 unspecified atom stereocenters. The molecule has 1 atom stereocenters. The topological polar surface area (TPSA) is 46.1 Å². The van der Waals surface area contributed by atoms with Gasteiger partial charge in [0.15, 0.2) is 5.78 Å². The molecule has 6 heteroatoms. The monoisotopic (exact) mass is 471 g/mol. The summed E-state index contributed by atoms with van der Waals surface area (Å²) in [6.45, 7) is 2.65. The molecular weight excluding hydrogens is 450 g/mol. The predicted octanol–water partition coefficient (Wildman–Crippen LogP) is 6.64. The first-order chi connectivity index (χ1) is 16.0. The quantitative estimate of drug-likeness (QED) is 0.259. The number of anilines is 2. The van der Waals surface area contributed by atoms with Gasteiger partial charge in [-0.05, 0) is 60.5 Å². The van der Waals surface area contributed by atoms with Crippen LogP contribution in [0.15, 0.2) is 84.9 Å². The summed E-state index contributed by atoms with van der Waals surface area (Å²) in [6, 6.07) is 26.6. The van der Waals surface area contributed by atoms with E-state index in [2.05, 4.69) is 10.6 Å². The molecule has 164 valence electrons. The summed E-state index contributed by atoms with van der Waals surface area (Å²) in [6.07, 6.45) is 0. The van der Waals surface area contributed by atoms with Gasteiger partial charge in [-0.1, -0.05) is 66.3 Å². The Hall–Kier alpha value is -3.41. The minimum Gasteiger partial charge on any atom is -0.370 e. The molecule has 3 aromatic carbocycles. The Balaban J connectivity index is 1.40. The zero-order chi connectivity index (χ0) is 22.9. The van der Waals surface area contributed by atoms with Crippen LogP contribution in [0, 0.1) is 6.92 Å². The maximum Gasteiger partial charge on any atom is 0.191 e. The van der Waals surface area contributed by atoms with E-state index in [0.29, 0.717) is 22.2 Å². The number of carbonyl (C=O) groups excluding carboxylic acids is 1. The highest BCUT2D eigenvalue weighted by Crippen LogP contribution is 2.33. The van der Waals surface area contributed by atoms with Crippen LogP contribution in [0.2, 0.25) is 5.15 Å². The van der Waals surface area contributed by atoms with E-state index in [-0.39, 0.29) is 5.78 Å². The van der Waals surface area contributed by atoms with Crippen molar-refractivity contribution >= 4 is 46.0 Å². The van der Waals surface area contributed by atoms with Gasteiger partial charge in [-0.25, -0.2) is 0 Å². The zero-order valence-corrected chi connectivity index (χ0v) is 19.6.